The summed E-state index contributed by atoms with van der Waals surface area (Å²) in [5.74, 6) is 0.685. The SMILES string of the molecule is CC(=O)N(c1ccc(-c2cnn(C)c2)cc1C#N)C1CCC(Nc2ccc(C#N)cn2)CC1. The third-order valence-electron chi connectivity index (χ3n) is 6.06. The minimum absolute atomic E-state index is 0.0332. The molecule has 166 valence electrons. The van der Waals surface area contributed by atoms with Gasteiger partial charge >= 0.3 is 0 Å². The van der Waals surface area contributed by atoms with Gasteiger partial charge < -0.3 is 10.2 Å². The fourth-order valence-corrected chi connectivity index (χ4v) is 4.44. The van der Waals surface area contributed by atoms with Crippen LogP contribution in [0.2, 0.25) is 0 Å². The molecule has 1 fully saturated rings. The number of carbonyl (C=O) groups is 1. The van der Waals surface area contributed by atoms with Gasteiger partial charge in [0.05, 0.1) is 23.0 Å². The van der Waals surface area contributed by atoms with Crippen LogP contribution in [0.25, 0.3) is 11.1 Å². The fraction of sp³-hybridized carbons (Fsp3) is 0.320. The Kier molecular flexibility index (Phi) is 6.37. The molecule has 1 aromatic carbocycles. The van der Waals surface area contributed by atoms with Crippen LogP contribution in [0.15, 0.2) is 48.9 Å². The molecule has 4 rings (SSSR count). The molecule has 0 atom stereocenters. The lowest BCUT2D eigenvalue weighted by Crippen LogP contribution is -2.43. The van der Waals surface area contributed by atoms with E-state index in [4.69, 9.17) is 5.26 Å². The highest BCUT2D eigenvalue weighted by atomic mass is 16.2. The molecule has 0 radical (unpaired) electrons. The Hall–Kier alpha value is -4.17. The first-order chi connectivity index (χ1) is 16.0. The molecule has 33 heavy (non-hydrogen) atoms. The minimum atomic E-state index is -0.0641. The Morgan fingerprint density at radius 1 is 1.09 bits per heavy atom. The van der Waals surface area contributed by atoms with Gasteiger partial charge in [-0.15, -0.1) is 0 Å². The van der Waals surface area contributed by atoms with Gasteiger partial charge in [0, 0.05) is 44.0 Å². The Morgan fingerprint density at radius 3 is 2.45 bits per heavy atom. The molecule has 1 aliphatic rings. The average Bonchev–Trinajstić information content (AvgIpc) is 3.27. The van der Waals surface area contributed by atoms with Crippen LogP contribution < -0.4 is 10.2 Å². The van der Waals surface area contributed by atoms with E-state index in [1.165, 1.54) is 0 Å². The molecular weight excluding hydrogens is 414 g/mol. The van der Waals surface area contributed by atoms with Crippen LogP contribution in [0.3, 0.4) is 0 Å². The van der Waals surface area contributed by atoms with Crippen LogP contribution in [0.5, 0.6) is 0 Å². The Morgan fingerprint density at radius 2 is 1.88 bits per heavy atom. The van der Waals surface area contributed by atoms with E-state index in [1.54, 1.807) is 35.0 Å². The molecule has 0 aliphatic heterocycles. The van der Waals surface area contributed by atoms with E-state index >= 15 is 0 Å². The van der Waals surface area contributed by atoms with E-state index in [9.17, 15) is 10.1 Å². The van der Waals surface area contributed by atoms with Crippen molar-refractivity contribution in [3.8, 4) is 23.3 Å². The number of benzene rings is 1. The second-order valence-corrected chi connectivity index (χ2v) is 8.33. The zero-order valence-electron chi connectivity index (χ0n) is 18.7. The summed E-state index contributed by atoms with van der Waals surface area (Å²) in [4.78, 5) is 18.7. The number of aryl methyl sites for hydroxylation is 1. The van der Waals surface area contributed by atoms with E-state index in [0.29, 0.717) is 16.8 Å². The summed E-state index contributed by atoms with van der Waals surface area (Å²) in [7, 11) is 1.85. The van der Waals surface area contributed by atoms with Gasteiger partial charge in [-0.25, -0.2) is 4.98 Å². The van der Waals surface area contributed by atoms with Crippen molar-refractivity contribution in [1.82, 2.24) is 14.8 Å². The smallest absolute Gasteiger partial charge is 0.224 e. The van der Waals surface area contributed by atoms with Crippen molar-refractivity contribution in [3.05, 3.63) is 60.0 Å². The van der Waals surface area contributed by atoms with Gasteiger partial charge in [0.1, 0.15) is 18.0 Å². The van der Waals surface area contributed by atoms with Crippen molar-refractivity contribution in [2.75, 3.05) is 10.2 Å². The zero-order chi connectivity index (χ0) is 23.4. The molecule has 2 aromatic heterocycles. The normalized spacial score (nSPS) is 17.6. The van der Waals surface area contributed by atoms with Gasteiger partial charge in [0.25, 0.3) is 0 Å². The van der Waals surface area contributed by atoms with Crippen molar-refractivity contribution in [2.24, 2.45) is 7.05 Å². The van der Waals surface area contributed by atoms with Crippen molar-refractivity contribution in [3.63, 3.8) is 0 Å². The van der Waals surface area contributed by atoms with Crippen LogP contribution in [-0.4, -0.2) is 32.8 Å². The monoisotopic (exact) mass is 439 g/mol. The molecule has 1 N–H and O–H groups in total. The Bertz CT molecular complexity index is 1220. The number of aromatic nitrogens is 3. The standard InChI is InChI=1S/C25H25N7O/c1-17(33)32(24-9-4-19(11-20(24)13-27)21-15-29-31(2)16-21)23-7-5-22(6-8-23)30-25-10-3-18(12-26)14-28-25/h3-4,9-11,14-16,22-23H,5-8H2,1-2H3,(H,28,30). The summed E-state index contributed by atoms with van der Waals surface area (Å²) in [6.07, 6.45) is 8.62. The van der Waals surface area contributed by atoms with Gasteiger partial charge in [0.2, 0.25) is 5.91 Å². The van der Waals surface area contributed by atoms with Crippen LogP contribution >= 0.6 is 0 Å². The maximum absolute atomic E-state index is 12.7. The topological polar surface area (TPSA) is 111 Å². The predicted octanol–water partition coefficient (Wildman–Crippen LogP) is 4.00. The summed E-state index contributed by atoms with van der Waals surface area (Å²) in [5.41, 5.74) is 3.49. The van der Waals surface area contributed by atoms with Gasteiger partial charge in [-0.05, 0) is 55.5 Å². The lowest BCUT2D eigenvalue weighted by Gasteiger charge is -2.37. The van der Waals surface area contributed by atoms with E-state index in [0.717, 1.165) is 42.6 Å². The highest BCUT2D eigenvalue weighted by Gasteiger charge is 2.30. The molecule has 0 spiro atoms. The van der Waals surface area contributed by atoms with Crippen LogP contribution in [0, 0.1) is 22.7 Å². The highest BCUT2D eigenvalue weighted by molar-refractivity contribution is 5.94. The maximum atomic E-state index is 12.7. The summed E-state index contributed by atoms with van der Waals surface area (Å²) in [5, 5.41) is 26.4. The number of hydrogen-bond acceptors (Lipinski definition) is 6. The zero-order valence-corrected chi connectivity index (χ0v) is 18.7. The number of carbonyl (C=O) groups excluding carboxylic acids is 1. The number of pyridine rings is 1. The first-order valence-corrected chi connectivity index (χ1v) is 10.9. The first kappa shape index (κ1) is 22.0. The molecule has 8 heteroatoms. The summed E-state index contributed by atoms with van der Waals surface area (Å²) in [6.45, 7) is 1.56. The predicted molar refractivity (Wildman–Crippen MR) is 125 cm³/mol. The number of anilines is 2. The Balaban J connectivity index is 1.48. The second kappa shape index (κ2) is 9.54. The van der Waals surface area contributed by atoms with Gasteiger partial charge in [-0.2, -0.15) is 15.6 Å². The van der Waals surface area contributed by atoms with Gasteiger partial charge in [0.15, 0.2) is 0 Å². The summed E-state index contributed by atoms with van der Waals surface area (Å²) in [6, 6.07) is 13.8. The van der Waals surface area contributed by atoms with Crippen molar-refractivity contribution < 1.29 is 4.79 Å². The molecule has 1 aliphatic carbocycles. The first-order valence-electron chi connectivity index (χ1n) is 10.9. The van der Waals surface area contributed by atoms with Crippen molar-refractivity contribution in [1.29, 1.82) is 10.5 Å². The third-order valence-corrected chi connectivity index (χ3v) is 6.06. The maximum Gasteiger partial charge on any atom is 0.224 e. The van der Waals surface area contributed by atoms with Gasteiger partial charge in [-0.1, -0.05) is 6.07 Å². The van der Waals surface area contributed by atoms with E-state index in [2.05, 4.69) is 27.5 Å². The molecular formula is C25H25N7O. The lowest BCUT2D eigenvalue weighted by molar-refractivity contribution is -0.117. The number of hydrogen-bond donors (Lipinski definition) is 1. The second-order valence-electron chi connectivity index (χ2n) is 8.33. The van der Waals surface area contributed by atoms with Crippen molar-refractivity contribution >= 4 is 17.4 Å². The minimum Gasteiger partial charge on any atom is -0.367 e. The average molecular weight is 440 g/mol. The largest absolute Gasteiger partial charge is 0.367 e. The number of nitrogens with one attached hydrogen (secondary N) is 1. The number of amides is 1. The van der Waals surface area contributed by atoms with Crippen LogP contribution in [0.1, 0.15) is 43.7 Å². The molecule has 3 aromatic rings. The summed E-state index contributed by atoms with van der Waals surface area (Å²) >= 11 is 0. The fourth-order valence-electron chi connectivity index (χ4n) is 4.44. The van der Waals surface area contributed by atoms with E-state index in [1.807, 2.05) is 37.5 Å². The van der Waals surface area contributed by atoms with Gasteiger partial charge in [-0.3, -0.25) is 9.48 Å². The third kappa shape index (κ3) is 4.86. The molecule has 8 nitrogen and oxygen atoms in total. The van der Waals surface area contributed by atoms with Crippen LogP contribution in [-0.2, 0) is 11.8 Å². The number of rotatable bonds is 5. The molecule has 0 bridgehead atoms. The molecule has 2 heterocycles. The lowest BCUT2D eigenvalue weighted by atomic mass is 9.89. The van der Waals surface area contributed by atoms with E-state index < -0.39 is 0 Å². The number of nitrogens with zero attached hydrogens (tertiary/aromatic N) is 6. The van der Waals surface area contributed by atoms with Crippen LogP contribution in [0.4, 0.5) is 11.5 Å². The molecule has 0 saturated heterocycles. The molecule has 1 saturated carbocycles. The number of nitriles is 2. The highest BCUT2D eigenvalue weighted by Crippen LogP contribution is 2.33. The van der Waals surface area contributed by atoms with E-state index in [-0.39, 0.29) is 18.0 Å². The quantitative estimate of drug-likeness (QED) is 0.643. The Labute approximate surface area is 193 Å². The molecule has 1 amide bonds. The molecule has 0 unspecified atom stereocenters. The van der Waals surface area contributed by atoms with Crippen molar-refractivity contribution in [2.45, 2.75) is 44.7 Å². The summed E-state index contributed by atoms with van der Waals surface area (Å²) < 4.78 is 1.72.